The lowest BCUT2D eigenvalue weighted by Crippen LogP contribution is -2.45. The van der Waals surface area contributed by atoms with E-state index in [4.69, 9.17) is 18.0 Å². The Balaban J connectivity index is 2.12. The Hall–Kier alpha value is -0.970. The van der Waals surface area contributed by atoms with Crippen LogP contribution in [0.3, 0.4) is 0 Å². The maximum absolute atomic E-state index is 10.1. The fraction of sp³-hybridized carbons (Fsp3) is 0.500. The third kappa shape index (κ3) is 3.28. The number of hydrogen-bond acceptors (Lipinski definition) is 3. The Kier molecular flexibility index (Phi) is 4.00. The van der Waals surface area contributed by atoms with Crippen LogP contribution in [-0.4, -0.2) is 33.7 Å². The Morgan fingerprint density at radius 2 is 2.22 bits per heavy atom. The van der Waals surface area contributed by atoms with E-state index in [9.17, 15) is 5.11 Å². The van der Waals surface area contributed by atoms with Crippen LogP contribution in [-0.2, 0) is 6.54 Å². The average Bonchev–Trinajstić information content (AvgIpc) is 2.28. The van der Waals surface area contributed by atoms with Gasteiger partial charge >= 0.3 is 0 Å². The fourth-order valence-corrected chi connectivity index (χ4v) is 2.80. The summed E-state index contributed by atoms with van der Waals surface area (Å²) in [4.78, 5) is 2.70. The van der Waals surface area contributed by atoms with Gasteiger partial charge in [0.1, 0.15) is 4.99 Å². The van der Waals surface area contributed by atoms with Crippen molar-refractivity contribution in [3.8, 4) is 0 Å². The smallest absolute Gasteiger partial charge is 0.104 e. The minimum absolute atomic E-state index is 0.439. The second-order valence-corrected chi connectivity index (χ2v) is 5.77. The van der Waals surface area contributed by atoms with Crippen LogP contribution >= 0.6 is 12.2 Å². The van der Waals surface area contributed by atoms with E-state index in [0.29, 0.717) is 11.5 Å². The molecule has 3 nitrogen and oxygen atoms in total. The molecular weight excluding hydrogens is 244 g/mol. The lowest BCUT2D eigenvalue weighted by Gasteiger charge is -2.37. The molecule has 1 saturated heterocycles. The summed E-state index contributed by atoms with van der Waals surface area (Å²) < 4.78 is 0. The van der Waals surface area contributed by atoms with Crippen LogP contribution in [0.25, 0.3) is 0 Å². The molecule has 0 aliphatic carbocycles. The highest BCUT2D eigenvalue weighted by atomic mass is 32.1. The summed E-state index contributed by atoms with van der Waals surface area (Å²) in [5.41, 5.74) is 7.25. The number of benzene rings is 1. The van der Waals surface area contributed by atoms with Crippen molar-refractivity contribution in [3.63, 3.8) is 0 Å². The van der Waals surface area contributed by atoms with Gasteiger partial charge in [0.2, 0.25) is 0 Å². The first-order valence-corrected chi connectivity index (χ1v) is 6.71. The van der Waals surface area contributed by atoms with Gasteiger partial charge < -0.3 is 10.8 Å². The number of aliphatic hydroxyl groups is 1. The first-order chi connectivity index (χ1) is 8.48. The molecule has 1 aromatic rings. The van der Waals surface area contributed by atoms with Crippen LogP contribution in [0.2, 0.25) is 0 Å². The molecule has 0 bridgehead atoms. The van der Waals surface area contributed by atoms with Crippen molar-refractivity contribution in [2.75, 3.05) is 13.1 Å². The number of β-amino-alcohol motifs (C(OH)–C–C–N with tert-alkyl or cyclic N) is 1. The summed E-state index contributed by atoms with van der Waals surface area (Å²) >= 11 is 5.07. The third-order valence-electron chi connectivity index (χ3n) is 3.43. The predicted molar refractivity (Wildman–Crippen MR) is 77.5 cm³/mol. The van der Waals surface area contributed by atoms with Crippen molar-refractivity contribution < 1.29 is 5.11 Å². The number of hydrogen-bond donors (Lipinski definition) is 2. The van der Waals surface area contributed by atoms with Gasteiger partial charge in [0.25, 0.3) is 0 Å². The summed E-state index contributed by atoms with van der Waals surface area (Å²) in [6.07, 6.45) is 1.91. The molecule has 1 aromatic carbocycles. The van der Waals surface area contributed by atoms with Crippen LogP contribution in [0.4, 0.5) is 0 Å². The first kappa shape index (κ1) is 13.5. The molecule has 1 aliphatic rings. The molecule has 0 aromatic heterocycles. The largest absolute Gasteiger partial charge is 0.389 e. The topological polar surface area (TPSA) is 49.5 Å². The molecule has 98 valence electrons. The lowest BCUT2D eigenvalue weighted by molar-refractivity contribution is -0.0181. The molecule has 1 heterocycles. The summed E-state index contributed by atoms with van der Waals surface area (Å²) in [5.74, 6) is 0. The van der Waals surface area contributed by atoms with Crippen LogP contribution in [0.1, 0.15) is 30.9 Å². The lowest BCUT2D eigenvalue weighted by atomic mass is 9.94. The van der Waals surface area contributed by atoms with Gasteiger partial charge in [0.05, 0.1) is 5.60 Å². The monoisotopic (exact) mass is 264 g/mol. The minimum atomic E-state index is -0.573. The molecule has 1 aliphatic heterocycles. The number of nitrogens with zero attached hydrogens (tertiary/aromatic N) is 1. The van der Waals surface area contributed by atoms with Crippen LogP contribution in [0, 0.1) is 0 Å². The zero-order valence-corrected chi connectivity index (χ0v) is 11.5. The Morgan fingerprint density at radius 3 is 2.89 bits per heavy atom. The quantitative estimate of drug-likeness (QED) is 0.815. The van der Waals surface area contributed by atoms with Gasteiger partial charge in [-0.25, -0.2) is 0 Å². The summed E-state index contributed by atoms with van der Waals surface area (Å²) in [7, 11) is 0. The summed E-state index contributed by atoms with van der Waals surface area (Å²) in [6, 6.07) is 7.96. The van der Waals surface area contributed by atoms with Gasteiger partial charge in [0, 0.05) is 18.7 Å². The second kappa shape index (κ2) is 5.34. The highest BCUT2D eigenvalue weighted by Gasteiger charge is 2.28. The molecule has 1 unspecified atom stereocenters. The standard InChI is InChI=1S/C14H20N2OS/c1-14(17)7-4-8-16(10-14)9-11-5-2-3-6-12(11)13(15)18/h2-3,5-6,17H,4,7-10H2,1H3,(H2,15,18). The van der Waals surface area contributed by atoms with E-state index in [1.165, 1.54) is 0 Å². The minimum Gasteiger partial charge on any atom is -0.389 e. The molecule has 0 radical (unpaired) electrons. The molecule has 0 amide bonds. The molecule has 1 atom stereocenters. The Morgan fingerprint density at radius 1 is 1.50 bits per heavy atom. The van der Waals surface area contributed by atoms with Gasteiger partial charge in [-0.1, -0.05) is 36.5 Å². The zero-order valence-electron chi connectivity index (χ0n) is 10.7. The van der Waals surface area contributed by atoms with Crippen molar-refractivity contribution in [1.29, 1.82) is 0 Å². The third-order valence-corrected chi connectivity index (χ3v) is 3.65. The maximum Gasteiger partial charge on any atom is 0.104 e. The van der Waals surface area contributed by atoms with Crippen LogP contribution in [0.5, 0.6) is 0 Å². The van der Waals surface area contributed by atoms with Crippen molar-refractivity contribution in [3.05, 3.63) is 35.4 Å². The summed E-state index contributed by atoms with van der Waals surface area (Å²) in [5, 5.41) is 10.1. The van der Waals surface area contributed by atoms with E-state index < -0.39 is 5.60 Å². The predicted octanol–water partition coefficient (Wildman–Crippen LogP) is 1.67. The SMILES string of the molecule is CC1(O)CCCN(Cc2ccccc2C(N)=S)C1. The number of likely N-dealkylation sites (tertiary alicyclic amines) is 1. The van der Waals surface area contributed by atoms with E-state index in [1.807, 2.05) is 25.1 Å². The zero-order chi connectivity index (χ0) is 13.2. The average molecular weight is 264 g/mol. The normalized spacial score (nSPS) is 25.0. The van der Waals surface area contributed by atoms with Crippen molar-refractivity contribution in [1.82, 2.24) is 4.90 Å². The van der Waals surface area contributed by atoms with E-state index >= 15 is 0 Å². The van der Waals surface area contributed by atoms with E-state index in [-0.39, 0.29) is 0 Å². The number of nitrogens with two attached hydrogens (primary N) is 1. The maximum atomic E-state index is 10.1. The number of thiocarbonyl (C=S) groups is 1. The fourth-order valence-electron chi connectivity index (χ4n) is 2.60. The molecule has 18 heavy (non-hydrogen) atoms. The number of rotatable bonds is 3. The van der Waals surface area contributed by atoms with Crippen molar-refractivity contribution >= 4 is 17.2 Å². The first-order valence-electron chi connectivity index (χ1n) is 6.30. The van der Waals surface area contributed by atoms with Gasteiger partial charge in [-0.3, -0.25) is 4.90 Å². The van der Waals surface area contributed by atoms with Gasteiger partial charge in [-0.2, -0.15) is 0 Å². The molecule has 3 N–H and O–H groups in total. The molecule has 2 rings (SSSR count). The van der Waals surface area contributed by atoms with Gasteiger partial charge in [0.15, 0.2) is 0 Å². The van der Waals surface area contributed by atoms with Crippen molar-refractivity contribution in [2.45, 2.75) is 31.9 Å². The van der Waals surface area contributed by atoms with Crippen LogP contribution < -0.4 is 5.73 Å². The van der Waals surface area contributed by atoms with E-state index in [0.717, 1.165) is 37.1 Å². The van der Waals surface area contributed by atoms with E-state index in [1.54, 1.807) is 0 Å². The Bertz CT molecular complexity index is 445. The second-order valence-electron chi connectivity index (χ2n) is 5.33. The van der Waals surface area contributed by atoms with Crippen LogP contribution in [0.15, 0.2) is 24.3 Å². The van der Waals surface area contributed by atoms with Crippen molar-refractivity contribution in [2.24, 2.45) is 5.73 Å². The van der Waals surface area contributed by atoms with Gasteiger partial charge in [-0.15, -0.1) is 0 Å². The summed E-state index contributed by atoms with van der Waals surface area (Å²) in [6.45, 7) is 4.42. The molecule has 0 saturated carbocycles. The molecule has 0 spiro atoms. The highest BCUT2D eigenvalue weighted by Crippen LogP contribution is 2.22. The molecule has 1 fully saturated rings. The molecule has 4 heteroatoms. The van der Waals surface area contributed by atoms with E-state index in [2.05, 4.69) is 11.0 Å². The van der Waals surface area contributed by atoms with Gasteiger partial charge in [-0.05, 0) is 31.9 Å². The highest BCUT2D eigenvalue weighted by molar-refractivity contribution is 7.80. The Labute approximate surface area is 114 Å². The number of piperidine rings is 1. The molecular formula is C14H20N2OS.